The average molecular weight is 370 g/mol. The fraction of sp³-hybridized carbons (Fsp3) is 0. The Morgan fingerprint density at radius 1 is 0.588 bits per heavy atom. The second kappa shape index (κ2) is 13.8. The zero-order chi connectivity index (χ0) is 13.5. The van der Waals surface area contributed by atoms with Crippen LogP contribution in [0.15, 0.2) is 0 Å². The van der Waals surface area contributed by atoms with Gasteiger partial charge in [0.05, 0.1) is 0 Å². The van der Waals surface area contributed by atoms with E-state index in [1.807, 2.05) is 0 Å². The fourth-order valence-electron chi connectivity index (χ4n) is 0. The summed E-state index contributed by atoms with van der Waals surface area (Å²) in [4.78, 5) is 0. The van der Waals surface area contributed by atoms with Crippen LogP contribution in [-0.4, -0.2) is 52.6 Å². The first kappa shape index (κ1) is 32.0. The second-order valence-corrected chi connectivity index (χ2v) is 3.91. The molecule has 0 rings (SSSR count). The van der Waals surface area contributed by atoms with Crippen molar-refractivity contribution in [2.24, 2.45) is 0 Å². The molecule has 0 atom stereocenters. The zero-order valence-corrected chi connectivity index (χ0v) is 17.0. The first-order valence-corrected chi connectivity index (χ1v) is 6.19. The van der Waals surface area contributed by atoms with Gasteiger partial charge in [-0.05, 0) is 0 Å². The predicted molar refractivity (Wildman–Crippen MR) is 38.8 cm³/mol. The van der Waals surface area contributed by atoms with Gasteiger partial charge in [-0.25, -0.2) is 0 Å². The molecule has 17 heteroatoms. The summed E-state index contributed by atoms with van der Waals surface area (Å²) in [5, 5.41) is 0. The van der Waals surface area contributed by atoms with Crippen LogP contribution in [0.1, 0.15) is 0 Å². The Morgan fingerprint density at radius 2 is 0.588 bits per heavy atom. The predicted octanol–water partition coefficient (Wildman–Crippen LogP) is -8.64. The van der Waals surface area contributed by atoms with Gasteiger partial charge in [0.15, 0.2) is 0 Å². The summed E-state index contributed by atoms with van der Waals surface area (Å²) in [5.41, 5.74) is 0. The van der Waals surface area contributed by atoms with Gasteiger partial charge in [-0.1, -0.05) is 0 Å². The van der Waals surface area contributed by atoms with Crippen LogP contribution in [0.5, 0.6) is 0 Å². The molecule has 0 saturated heterocycles. The Labute approximate surface area is 182 Å². The van der Waals surface area contributed by atoms with Crippen LogP contribution in [0.2, 0.25) is 0 Å². The smallest absolute Gasteiger partial charge is 0.759 e. The van der Waals surface area contributed by atoms with E-state index in [1.54, 1.807) is 0 Å². The Kier molecular flexibility index (Phi) is 26.1. The van der Waals surface area contributed by atoms with E-state index in [2.05, 4.69) is 0 Å². The van der Waals surface area contributed by atoms with Crippen molar-refractivity contribution in [3.63, 3.8) is 0 Å². The summed E-state index contributed by atoms with van der Waals surface area (Å²) < 4.78 is 97.2. The minimum absolute atomic E-state index is 0. The Morgan fingerprint density at radius 3 is 0.588 bits per heavy atom. The Balaban J connectivity index is -0.0000000400. The summed E-state index contributed by atoms with van der Waals surface area (Å²) in [6, 6.07) is 0. The SMILES string of the molecule is O=S(=O)(O)O.O=S(=O)(O)O.O=S(=O)([O-])[O-].[K+].[K+]. The number of rotatable bonds is 0. The summed E-state index contributed by atoms with van der Waals surface area (Å²) in [6.45, 7) is 0. The Bertz CT molecular complexity index is 341. The third-order valence-electron chi connectivity index (χ3n) is 0. The molecule has 0 aliphatic heterocycles. The van der Waals surface area contributed by atoms with Crippen molar-refractivity contribution in [3.05, 3.63) is 0 Å². The molecule has 0 aromatic heterocycles. The van der Waals surface area contributed by atoms with Gasteiger partial charge in [0.2, 0.25) is 0 Å². The first-order chi connectivity index (χ1) is 6.00. The maximum atomic E-state index is 8.74. The van der Waals surface area contributed by atoms with E-state index in [0.717, 1.165) is 0 Å². The summed E-state index contributed by atoms with van der Waals surface area (Å²) in [5.74, 6) is 0. The van der Waals surface area contributed by atoms with Crippen LogP contribution < -0.4 is 103 Å². The normalized spacial score (nSPS) is 10.2. The molecule has 0 aliphatic carbocycles. The topological polar surface area (TPSA) is 229 Å². The molecule has 0 radical (unpaired) electrons. The molecule has 0 fully saturated rings. The minimum Gasteiger partial charge on any atom is -0.759 e. The van der Waals surface area contributed by atoms with Gasteiger partial charge in [0.1, 0.15) is 0 Å². The molecule has 0 aromatic carbocycles. The van der Waals surface area contributed by atoms with E-state index in [0.29, 0.717) is 0 Å². The van der Waals surface area contributed by atoms with Gasteiger partial charge in [-0.2, -0.15) is 16.8 Å². The monoisotopic (exact) mass is 370 g/mol. The van der Waals surface area contributed by atoms with Gasteiger partial charge >= 0.3 is 124 Å². The zero-order valence-electron chi connectivity index (χ0n) is 8.28. The molecular weight excluding hydrogens is 366 g/mol. The van der Waals surface area contributed by atoms with Crippen LogP contribution in [-0.2, 0) is 31.2 Å². The van der Waals surface area contributed by atoms with E-state index >= 15 is 0 Å². The van der Waals surface area contributed by atoms with Crippen molar-refractivity contribution in [2.75, 3.05) is 0 Å². The molecule has 4 N–H and O–H groups in total. The summed E-state index contributed by atoms with van der Waals surface area (Å²) in [7, 11) is -14.5. The van der Waals surface area contributed by atoms with Gasteiger partial charge in [-0.15, -0.1) is 0 Å². The van der Waals surface area contributed by atoms with Crippen molar-refractivity contribution in [1.29, 1.82) is 0 Å². The molecule has 0 aliphatic rings. The number of hydrogen-bond acceptors (Lipinski definition) is 8. The van der Waals surface area contributed by atoms with Crippen molar-refractivity contribution in [2.45, 2.75) is 0 Å². The van der Waals surface area contributed by atoms with E-state index < -0.39 is 31.2 Å². The van der Waals surface area contributed by atoms with E-state index in [-0.39, 0.29) is 103 Å². The molecular formula is H4K2O12S3. The molecule has 0 aromatic rings. The van der Waals surface area contributed by atoms with Crippen LogP contribution in [0.4, 0.5) is 0 Å². The van der Waals surface area contributed by atoms with Crippen LogP contribution in [0.3, 0.4) is 0 Å². The van der Waals surface area contributed by atoms with Gasteiger partial charge in [0.25, 0.3) is 0 Å². The van der Waals surface area contributed by atoms with Crippen LogP contribution in [0, 0.1) is 0 Å². The Hall–Kier alpha value is 2.88. The van der Waals surface area contributed by atoms with Crippen molar-refractivity contribution < 1.29 is 155 Å². The molecule has 96 valence electrons. The van der Waals surface area contributed by atoms with E-state index in [4.69, 9.17) is 52.6 Å². The third kappa shape index (κ3) is 648. The molecule has 12 nitrogen and oxygen atoms in total. The first-order valence-electron chi connectivity index (χ1n) is 2.06. The molecule has 0 saturated carbocycles. The molecule has 17 heavy (non-hydrogen) atoms. The standard InChI is InChI=1S/2K.3H2O4S/c;;3*1-5(2,3)4/h;;3*(H2,1,2,3,4)/q2*+1;;;/p-2. The molecule has 0 bridgehead atoms. The third-order valence-corrected chi connectivity index (χ3v) is 0. The second-order valence-electron chi connectivity index (χ2n) is 1.30. The summed E-state index contributed by atoms with van der Waals surface area (Å²) >= 11 is 0. The molecule has 0 unspecified atom stereocenters. The van der Waals surface area contributed by atoms with Gasteiger partial charge < -0.3 is 9.11 Å². The fourth-order valence-corrected chi connectivity index (χ4v) is 0. The van der Waals surface area contributed by atoms with Crippen molar-refractivity contribution >= 4 is 31.2 Å². The van der Waals surface area contributed by atoms with Gasteiger partial charge in [-0.3, -0.25) is 26.6 Å². The van der Waals surface area contributed by atoms with E-state index in [1.165, 1.54) is 0 Å². The van der Waals surface area contributed by atoms with Crippen LogP contribution >= 0.6 is 0 Å². The quantitative estimate of drug-likeness (QED) is 0.177. The van der Waals surface area contributed by atoms with Crippen LogP contribution in [0.25, 0.3) is 0 Å². The average Bonchev–Trinajstić information content (AvgIpc) is 1.41. The van der Waals surface area contributed by atoms with Crippen molar-refractivity contribution in [1.82, 2.24) is 0 Å². The minimum atomic E-state index is -5.17. The van der Waals surface area contributed by atoms with Gasteiger partial charge in [0, 0.05) is 10.4 Å². The molecule has 0 spiro atoms. The van der Waals surface area contributed by atoms with Crippen molar-refractivity contribution in [3.8, 4) is 0 Å². The summed E-state index contributed by atoms with van der Waals surface area (Å²) in [6.07, 6.45) is 0. The number of hydrogen-bond donors (Lipinski definition) is 4. The molecule has 0 amide bonds. The maximum Gasteiger partial charge on any atom is 1.00 e. The largest absolute Gasteiger partial charge is 1.00 e. The maximum absolute atomic E-state index is 8.74. The van der Waals surface area contributed by atoms with E-state index in [9.17, 15) is 0 Å². The molecule has 0 heterocycles.